The number of pyridine rings is 1. The van der Waals surface area contributed by atoms with Crippen LogP contribution in [0.4, 0.5) is 11.4 Å². The molecule has 0 fully saturated rings. The Hall–Kier alpha value is -2.76. The largest absolute Gasteiger partial charge is 0.486 e. The van der Waals surface area contributed by atoms with E-state index in [1.807, 2.05) is 39.0 Å². The lowest BCUT2D eigenvalue weighted by atomic mass is 10.1. The highest BCUT2D eigenvalue weighted by Crippen LogP contribution is 2.33. The topological polar surface area (TPSA) is 72.5 Å². The van der Waals surface area contributed by atoms with Crippen molar-refractivity contribution in [2.24, 2.45) is 0 Å². The first-order chi connectivity index (χ1) is 11.4. The summed E-state index contributed by atoms with van der Waals surface area (Å²) < 4.78 is 11.1. The van der Waals surface area contributed by atoms with Gasteiger partial charge in [0.2, 0.25) is 0 Å². The van der Waals surface area contributed by atoms with Gasteiger partial charge >= 0.3 is 0 Å². The predicted molar refractivity (Wildman–Crippen MR) is 92.2 cm³/mol. The van der Waals surface area contributed by atoms with Gasteiger partial charge in [-0.3, -0.25) is 9.78 Å². The van der Waals surface area contributed by atoms with Crippen molar-refractivity contribution in [2.45, 2.75) is 26.3 Å². The molecule has 1 aliphatic rings. The zero-order valence-corrected chi connectivity index (χ0v) is 14.1. The van der Waals surface area contributed by atoms with E-state index < -0.39 is 0 Å². The third-order valence-electron chi connectivity index (χ3n) is 3.32. The van der Waals surface area contributed by atoms with Crippen LogP contribution in [-0.4, -0.2) is 29.6 Å². The van der Waals surface area contributed by atoms with Crippen molar-refractivity contribution >= 4 is 17.3 Å². The molecule has 6 heteroatoms. The van der Waals surface area contributed by atoms with Crippen LogP contribution in [-0.2, 0) is 0 Å². The van der Waals surface area contributed by atoms with Crippen LogP contribution in [0, 0.1) is 0 Å². The summed E-state index contributed by atoms with van der Waals surface area (Å²) in [7, 11) is 0. The summed E-state index contributed by atoms with van der Waals surface area (Å²) in [6, 6.07) is 7.40. The number of hydrogen-bond acceptors (Lipinski definition) is 5. The molecule has 0 bridgehead atoms. The van der Waals surface area contributed by atoms with Gasteiger partial charge in [-0.2, -0.15) is 0 Å². The number of ether oxygens (including phenoxy) is 2. The van der Waals surface area contributed by atoms with E-state index in [9.17, 15) is 4.79 Å². The summed E-state index contributed by atoms with van der Waals surface area (Å²) in [6.07, 6.45) is 3.22. The summed E-state index contributed by atoms with van der Waals surface area (Å²) in [6.45, 7) is 6.93. The van der Waals surface area contributed by atoms with Crippen LogP contribution in [0.15, 0.2) is 36.7 Å². The number of hydrogen-bond donors (Lipinski definition) is 2. The Bertz CT molecular complexity index is 753. The van der Waals surface area contributed by atoms with Crippen LogP contribution < -0.4 is 20.1 Å². The molecule has 0 spiro atoms. The van der Waals surface area contributed by atoms with Gasteiger partial charge in [0.1, 0.15) is 13.2 Å². The van der Waals surface area contributed by atoms with Gasteiger partial charge in [0, 0.05) is 23.5 Å². The van der Waals surface area contributed by atoms with E-state index in [2.05, 4.69) is 15.6 Å². The fourth-order valence-corrected chi connectivity index (χ4v) is 2.33. The first-order valence-electron chi connectivity index (χ1n) is 7.85. The molecule has 1 aliphatic heterocycles. The molecule has 3 rings (SSSR count). The van der Waals surface area contributed by atoms with Crippen LogP contribution in [0.1, 0.15) is 31.1 Å². The van der Waals surface area contributed by atoms with E-state index in [0.717, 1.165) is 17.1 Å². The highest BCUT2D eigenvalue weighted by Gasteiger charge is 2.16. The molecular weight excluding hydrogens is 306 g/mol. The molecule has 2 heterocycles. The highest BCUT2D eigenvalue weighted by atomic mass is 16.6. The van der Waals surface area contributed by atoms with Gasteiger partial charge in [-0.15, -0.1) is 0 Å². The molecule has 126 valence electrons. The summed E-state index contributed by atoms with van der Waals surface area (Å²) in [5.74, 6) is 1.30. The fraction of sp³-hybridized carbons (Fsp3) is 0.333. The van der Waals surface area contributed by atoms with E-state index >= 15 is 0 Å². The van der Waals surface area contributed by atoms with E-state index in [0.29, 0.717) is 24.5 Å². The summed E-state index contributed by atoms with van der Waals surface area (Å²) in [5, 5.41) is 6.16. The van der Waals surface area contributed by atoms with E-state index in [4.69, 9.17) is 9.47 Å². The number of rotatable bonds is 3. The SMILES string of the molecule is CC(C)(C)NC(=O)c1cncc(Nc2ccc3c(c2)OCCO3)c1. The average Bonchev–Trinajstić information content (AvgIpc) is 2.53. The van der Waals surface area contributed by atoms with E-state index in [-0.39, 0.29) is 11.4 Å². The fourth-order valence-electron chi connectivity index (χ4n) is 2.33. The smallest absolute Gasteiger partial charge is 0.253 e. The third-order valence-corrected chi connectivity index (χ3v) is 3.32. The quantitative estimate of drug-likeness (QED) is 0.906. The number of nitrogens with zero attached hydrogens (tertiary/aromatic N) is 1. The van der Waals surface area contributed by atoms with Crippen molar-refractivity contribution in [1.29, 1.82) is 0 Å². The number of anilines is 2. The first kappa shape index (κ1) is 16.1. The predicted octanol–water partition coefficient (Wildman–Crippen LogP) is 3.12. The highest BCUT2D eigenvalue weighted by molar-refractivity contribution is 5.95. The number of fused-ring (bicyclic) bond motifs is 1. The Morgan fingerprint density at radius 2 is 1.79 bits per heavy atom. The van der Waals surface area contributed by atoms with Gasteiger partial charge < -0.3 is 20.1 Å². The molecule has 0 aliphatic carbocycles. The summed E-state index contributed by atoms with van der Waals surface area (Å²) in [4.78, 5) is 16.4. The van der Waals surface area contributed by atoms with E-state index in [1.54, 1.807) is 18.5 Å². The minimum Gasteiger partial charge on any atom is -0.486 e. The van der Waals surface area contributed by atoms with Crippen LogP contribution in [0.25, 0.3) is 0 Å². The number of benzene rings is 1. The average molecular weight is 327 g/mol. The molecule has 0 atom stereocenters. The molecule has 0 radical (unpaired) electrons. The maximum atomic E-state index is 12.2. The van der Waals surface area contributed by atoms with Crippen molar-refractivity contribution in [3.05, 3.63) is 42.2 Å². The number of aromatic nitrogens is 1. The van der Waals surface area contributed by atoms with Gasteiger partial charge in [-0.1, -0.05) is 0 Å². The second-order valence-electron chi connectivity index (χ2n) is 6.65. The van der Waals surface area contributed by atoms with Gasteiger partial charge in [-0.25, -0.2) is 0 Å². The van der Waals surface area contributed by atoms with Crippen LogP contribution in [0.5, 0.6) is 11.5 Å². The van der Waals surface area contributed by atoms with Crippen LogP contribution in [0.2, 0.25) is 0 Å². The Balaban J connectivity index is 1.76. The zero-order valence-electron chi connectivity index (χ0n) is 14.1. The first-order valence-corrected chi connectivity index (χ1v) is 7.85. The Morgan fingerprint density at radius 3 is 2.54 bits per heavy atom. The molecule has 0 saturated carbocycles. The van der Waals surface area contributed by atoms with Crippen molar-refractivity contribution in [3.63, 3.8) is 0 Å². The second kappa shape index (κ2) is 6.39. The number of carbonyl (C=O) groups excluding carboxylic acids is 1. The van der Waals surface area contributed by atoms with E-state index in [1.165, 1.54) is 0 Å². The molecule has 24 heavy (non-hydrogen) atoms. The Labute approximate surface area is 141 Å². The maximum Gasteiger partial charge on any atom is 0.253 e. The Morgan fingerprint density at radius 1 is 1.04 bits per heavy atom. The number of amides is 1. The van der Waals surface area contributed by atoms with Crippen LogP contribution in [0.3, 0.4) is 0 Å². The van der Waals surface area contributed by atoms with Crippen LogP contribution >= 0.6 is 0 Å². The maximum absolute atomic E-state index is 12.2. The third kappa shape index (κ3) is 3.95. The second-order valence-corrected chi connectivity index (χ2v) is 6.65. The summed E-state index contributed by atoms with van der Waals surface area (Å²) >= 11 is 0. The lowest BCUT2D eigenvalue weighted by Crippen LogP contribution is -2.40. The number of nitrogens with one attached hydrogen (secondary N) is 2. The molecule has 1 aromatic heterocycles. The molecule has 1 amide bonds. The van der Waals surface area contributed by atoms with Gasteiger partial charge in [0.15, 0.2) is 11.5 Å². The molecule has 2 aromatic rings. The van der Waals surface area contributed by atoms with Gasteiger partial charge in [0.05, 0.1) is 17.4 Å². The normalized spacial score (nSPS) is 13.3. The lowest BCUT2D eigenvalue weighted by molar-refractivity contribution is 0.0919. The lowest BCUT2D eigenvalue weighted by Gasteiger charge is -2.21. The molecule has 0 saturated heterocycles. The van der Waals surface area contributed by atoms with Gasteiger partial charge in [0.25, 0.3) is 5.91 Å². The van der Waals surface area contributed by atoms with Crippen molar-refractivity contribution in [2.75, 3.05) is 18.5 Å². The zero-order chi connectivity index (χ0) is 17.2. The summed E-state index contributed by atoms with van der Waals surface area (Å²) in [5.41, 5.74) is 1.78. The minimum absolute atomic E-state index is 0.152. The molecule has 6 nitrogen and oxygen atoms in total. The van der Waals surface area contributed by atoms with Crippen molar-refractivity contribution < 1.29 is 14.3 Å². The molecule has 2 N–H and O–H groups in total. The minimum atomic E-state index is -0.295. The van der Waals surface area contributed by atoms with Gasteiger partial charge in [-0.05, 0) is 39.0 Å². The molecule has 0 unspecified atom stereocenters. The monoisotopic (exact) mass is 327 g/mol. The molecular formula is C18H21N3O3. The standard InChI is InChI=1S/C18H21N3O3/c1-18(2,3)21-17(22)12-8-14(11-19-10-12)20-13-4-5-15-16(9-13)24-7-6-23-15/h4-5,8-11,20H,6-7H2,1-3H3,(H,21,22). The molecule has 1 aromatic carbocycles. The Kier molecular flexibility index (Phi) is 4.29. The van der Waals surface area contributed by atoms with Crippen molar-refractivity contribution in [1.82, 2.24) is 10.3 Å². The van der Waals surface area contributed by atoms with Crippen molar-refractivity contribution in [3.8, 4) is 11.5 Å². The number of carbonyl (C=O) groups is 1.